The van der Waals surface area contributed by atoms with E-state index in [0.29, 0.717) is 6.54 Å². The highest BCUT2D eigenvalue weighted by Gasteiger charge is 2.24. The van der Waals surface area contributed by atoms with Gasteiger partial charge in [0.1, 0.15) is 0 Å². The Morgan fingerprint density at radius 3 is 3.00 bits per heavy atom. The Morgan fingerprint density at radius 1 is 1.42 bits per heavy atom. The van der Waals surface area contributed by atoms with Crippen LogP contribution in [0.5, 0.6) is 0 Å². The molecular formula is C15H23N3O. The van der Waals surface area contributed by atoms with Crippen molar-refractivity contribution < 1.29 is 4.79 Å². The normalized spacial score (nSPS) is 13.9. The number of nitrogens with one attached hydrogen (secondary N) is 1. The molecule has 0 saturated carbocycles. The summed E-state index contributed by atoms with van der Waals surface area (Å²) in [6, 6.07) is 8.19. The Morgan fingerprint density at radius 2 is 2.21 bits per heavy atom. The first kappa shape index (κ1) is 14.0. The molecule has 0 aromatic heterocycles. The summed E-state index contributed by atoms with van der Waals surface area (Å²) in [5.74, 6) is 0.205. The molecule has 104 valence electrons. The Hall–Kier alpha value is -1.39. The quantitative estimate of drug-likeness (QED) is 0.779. The van der Waals surface area contributed by atoms with Crippen molar-refractivity contribution in [2.75, 3.05) is 45.2 Å². The van der Waals surface area contributed by atoms with Crippen molar-refractivity contribution in [2.45, 2.75) is 12.8 Å². The molecule has 2 rings (SSSR count). The average Bonchev–Trinajstić information content (AvgIpc) is 2.83. The van der Waals surface area contributed by atoms with Gasteiger partial charge in [0.15, 0.2) is 0 Å². The maximum atomic E-state index is 12.3. The van der Waals surface area contributed by atoms with Crippen LogP contribution in [0.2, 0.25) is 0 Å². The van der Waals surface area contributed by atoms with E-state index in [-0.39, 0.29) is 5.91 Å². The molecule has 1 heterocycles. The SMILES string of the molecule is CNCCCN(C)CC(=O)N1CCc2ccccc21. The van der Waals surface area contributed by atoms with Crippen molar-refractivity contribution in [3.8, 4) is 0 Å². The molecule has 1 amide bonds. The number of para-hydroxylation sites is 1. The molecule has 0 atom stereocenters. The van der Waals surface area contributed by atoms with Gasteiger partial charge in [0.05, 0.1) is 6.54 Å². The monoisotopic (exact) mass is 261 g/mol. The van der Waals surface area contributed by atoms with Gasteiger partial charge in [-0.1, -0.05) is 18.2 Å². The molecule has 0 unspecified atom stereocenters. The molecule has 0 bridgehead atoms. The molecular weight excluding hydrogens is 238 g/mol. The van der Waals surface area contributed by atoms with Crippen LogP contribution in [0.15, 0.2) is 24.3 Å². The minimum atomic E-state index is 0.205. The van der Waals surface area contributed by atoms with Crippen molar-refractivity contribution in [1.29, 1.82) is 0 Å². The fourth-order valence-electron chi connectivity index (χ4n) is 2.52. The van der Waals surface area contributed by atoms with Gasteiger partial charge in [0, 0.05) is 12.2 Å². The standard InChI is InChI=1S/C15H23N3O/c1-16-9-5-10-17(2)12-15(19)18-11-8-13-6-3-4-7-14(13)18/h3-4,6-7,16H,5,8-12H2,1-2H3. The summed E-state index contributed by atoms with van der Waals surface area (Å²) in [4.78, 5) is 16.3. The number of benzene rings is 1. The zero-order valence-electron chi connectivity index (χ0n) is 11.9. The Bertz CT molecular complexity index is 433. The summed E-state index contributed by atoms with van der Waals surface area (Å²) < 4.78 is 0. The van der Waals surface area contributed by atoms with Gasteiger partial charge in [0.2, 0.25) is 5.91 Å². The zero-order chi connectivity index (χ0) is 13.7. The molecule has 1 aromatic rings. The fourth-order valence-corrected chi connectivity index (χ4v) is 2.52. The molecule has 1 aliphatic heterocycles. The highest BCUT2D eigenvalue weighted by Crippen LogP contribution is 2.27. The number of amides is 1. The number of carbonyl (C=O) groups excluding carboxylic acids is 1. The fraction of sp³-hybridized carbons (Fsp3) is 0.533. The minimum absolute atomic E-state index is 0.205. The van der Waals surface area contributed by atoms with Gasteiger partial charge in [-0.05, 0) is 51.7 Å². The largest absolute Gasteiger partial charge is 0.320 e. The van der Waals surface area contributed by atoms with E-state index in [1.165, 1.54) is 5.56 Å². The van der Waals surface area contributed by atoms with Crippen LogP contribution >= 0.6 is 0 Å². The van der Waals surface area contributed by atoms with Gasteiger partial charge in [-0.2, -0.15) is 0 Å². The summed E-state index contributed by atoms with van der Waals surface area (Å²) in [6.07, 6.45) is 2.04. The molecule has 19 heavy (non-hydrogen) atoms. The van der Waals surface area contributed by atoms with Gasteiger partial charge in [-0.3, -0.25) is 9.69 Å². The lowest BCUT2D eigenvalue weighted by Crippen LogP contribution is -2.38. The molecule has 1 aromatic carbocycles. The van der Waals surface area contributed by atoms with Crippen molar-refractivity contribution in [1.82, 2.24) is 10.2 Å². The summed E-state index contributed by atoms with van der Waals surface area (Å²) in [6.45, 7) is 3.26. The highest BCUT2D eigenvalue weighted by molar-refractivity contribution is 5.96. The molecule has 0 radical (unpaired) electrons. The third kappa shape index (κ3) is 3.55. The predicted molar refractivity (Wildman–Crippen MR) is 78.5 cm³/mol. The topological polar surface area (TPSA) is 35.6 Å². The lowest BCUT2D eigenvalue weighted by molar-refractivity contribution is -0.119. The van der Waals surface area contributed by atoms with Crippen molar-refractivity contribution >= 4 is 11.6 Å². The molecule has 1 aliphatic rings. The van der Waals surface area contributed by atoms with Gasteiger partial charge in [-0.25, -0.2) is 0 Å². The van der Waals surface area contributed by atoms with Crippen LogP contribution in [0.25, 0.3) is 0 Å². The number of hydrogen-bond donors (Lipinski definition) is 1. The highest BCUT2D eigenvalue weighted by atomic mass is 16.2. The van der Waals surface area contributed by atoms with E-state index >= 15 is 0 Å². The molecule has 4 nitrogen and oxygen atoms in total. The average molecular weight is 261 g/mol. The second kappa shape index (κ2) is 6.68. The third-order valence-corrected chi connectivity index (χ3v) is 3.56. The first-order chi connectivity index (χ1) is 9.22. The van der Waals surface area contributed by atoms with Crippen LogP contribution in [0.4, 0.5) is 5.69 Å². The van der Waals surface area contributed by atoms with Gasteiger partial charge < -0.3 is 10.2 Å². The van der Waals surface area contributed by atoms with Crippen LogP contribution in [-0.4, -0.2) is 51.1 Å². The second-order valence-electron chi connectivity index (χ2n) is 5.12. The minimum Gasteiger partial charge on any atom is -0.320 e. The zero-order valence-corrected chi connectivity index (χ0v) is 11.9. The van der Waals surface area contributed by atoms with Gasteiger partial charge in [0.25, 0.3) is 0 Å². The van der Waals surface area contributed by atoms with Crippen LogP contribution in [0.3, 0.4) is 0 Å². The number of anilines is 1. The van der Waals surface area contributed by atoms with E-state index in [1.54, 1.807) is 0 Å². The van der Waals surface area contributed by atoms with E-state index < -0.39 is 0 Å². The number of hydrogen-bond acceptors (Lipinski definition) is 3. The Labute approximate surface area is 115 Å². The van der Waals surface area contributed by atoms with Crippen LogP contribution in [-0.2, 0) is 11.2 Å². The van der Waals surface area contributed by atoms with Gasteiger partial charge >= 0.3 is 0 Å². The third-order valence-electron chi connectivity index (χ3n) is 3.56. The number of nitrogens with zero attached hydrogens (tertiary/aromatic N) is 2. The summed E-state index contributed by atoms with van der Waals surface area (Å²) in [5, 5.41) is 3.12. The van der Waals surface area contributed by atoms with Gasteiger partial charge in [-0.15, -0.1) is 0 Å². The number of fused-ring (bicyclic) bond motifs is 1. The Balaban J connectivity index is 1.88. The summed E-state index contributed by atoms with van der Waals surface area (Å²) in [7, 11) is 3.96. The first-order valence-electron chi connectivity index (χ1n) is 6.94. The number of rotatable bonds is 6. The molecule has 4 heteroatoms. The summed E-state index contributed by atoms with van der Waals surface area (Å²) >= 11 is 0. The lowest BCUT2D eigenvalue weighted by atomic mass is 10.2. The maximum absolute atomic E-state index is 12.3. The molecule has 0 saturated heterocycles. The Kier molecular flexibility index (Phi) is 4.93. The summed E-state index contributed by atoms with van der Waals surface area (Å²) in [5.41, 5.74) is 2.38. The van der Waals surface area contributed by atoms with E-state index in [1.807, 2.05) is 37.2 Å². The molecule has 1 N–H and O–H groups in total. The van der Waals surface area contributed by atoms with E-state index in [9.17, 15) is 4.79 Å². The van der Waals surface area contributed by atoms with E-state index in [2.05, 4.69) is 16.3 Å². The second-order valence-corrected chi connectivity index (χ2v) is 5.12. The van der Waals surface area contributed by atoms with E-state index in [0.717, 1.165) is 38.2 Å². The number of carbonyl (C=O) groups is 1. The molecule has 0 spiro atoms. The van der Waals surface area contributed by atoms with Crippen LogP contribution < -0.4 is 10.2 Å². The molecule has 0 aliphatic carbocycles. The van der Waals surface area contributed by atoms with Crippen LogP contribution in [0, 0.1) is 0 Å². The maximum Gasteiger partial charge on any atom is 0.241 e. The number of likely N-dealkylation sites (N-methyl/N-ethyl adjacent to an activating group) is 1. The predicted octanol–water partition coefficient (Wildman–Crippen LogP) is 1.12. The van der Waals surface area contributed by atoms with Crippen molar-refractivity contribution in [3.05, 3.63) is 29.8 Å². The lowest BCUT2D eigenvalue weighted by Gasteiger charge is -2.22. The van der Waals surface area contributed by atoms with Crippen LogP contribution in [0.1, 0.15) is 12.0 Å². The smallest absolute Gasteiger partial charge is 0.241 e. The molecule has 0 fully saturated rings. The first-order valence-corrected chi connectivity index (χ1v) is 6.94. The van der Waals surface area contributed by atoms with Crippen molar-refractivity contribution in [2.24, 2.45) is 0 Å². The van der Waals surface area contributed by atoms with Crippen molar-refractivity contribution in [3.63, 3.8) is 0 Å². The van der Waals surface area contributed by atoms with E-state index in [4.69, 9.17) is 0 Å².